The Bertz CT molecular complexity index is 1860. The van der Waals surface area contributed by atoms with Crippen molar-refractivity contribution in [2.24, 2.45) is 0 Å². The fourth-order valence-corrected chi connectivity index (χ4v) is 6.85. The van der Waals surface area contributed by atoms with Gasteiger partial charge in [0, 0.05) is 50.3 Å². The lowest BCUT2D eigenvalue weighted by molar-refractivity contribution is -0.134. The number of carbonyl (C=O) groups is 4. The zero-order valence-corrected chi connectivity index (χ0v) is 29.4. The van der Waals surface area contributed by atoms with E-state index in [1.54, 1.807) is 42.7 Å². The minimum absolute atomic E-state index is 0.0336. The number of benzene rings is 3. The molecule has 8 rings (SSSR count). The van der Waals surface area contributed by atoms with E-state index in [0.29, 0.717) is 38.0 Å². The molecule has 2 aliphatic heterocycles. The van der Waals surface area contributed by atoms with Crippen LogP contribution in [0, 0.1) is 0 Å². The number of alkyl halides is 1. The molecule has 2 atom stereocenters. The van der Waals surface area contributed by atoms with Crippen LogP contribution in [0.15, 0.2) is 73.1 Å². The standard InChI is InChI=1S/C15H17NO3.C9H11NO.C9H7NO.C6H7BrO2/c17-12-2-1-10-5-6-16(9-11(10)7-12)14-4-3-13(18)8-15(14)19;2*11-9-2-1-7-3-4-10-6-8(7)5-9;7-5-2-1-4(8)3-6(5)9/h1-2,7,14,17H,3-6,8-9H2;1-2,5,10-11H,3-4,6H2;1-6,11H;5H,1-3H2. The first-order chi connectivity index (χ1) is 24.0. The highest BCUT2D eigenvalue weighted by atomic mass is 79.9. The summed E-state index contributed by atoms with van der Waals surface area (Å²) in [6, 6.07) is 18.1. The van der Waals surface area contributed by atoms with Crippen LogP contribution in [0.1, 0.15) is 60.8 Å². The third-order valence-electron chi connectivity index (χ3n) is 9.21. The second kappa shape index (κ2) is 17.5. The topological polar surface area (TPSA) is 157 Å². The summed E-state index contributed by atoms with van der Waals surface area (Å²) in [5, 5.41) is 33.1. The van der Waals surface area contributed by atoms with E-state index in [1.165, 1.54) is 16.7 Å². The van der Waals surface area contributed by atoms with Crippen molar-refractivity contribution in [1.29, 1.82) is 0 Å². The largest absolute Gasteiger partial charge is 0.508 e. The average molecular weight is 745 g/mol. The Balaban J connectivity index is 0.000000136. The molecular weight excluding hydrogens is 702 g/mol. The highest BCUT2D eigenvalue weighted by molar-refractivity contribution is 9.10. The molecule has 0 bridgehead atoms. The number of halogens is 1. The number of nitrogens with one attached hydrogen (secondary N) is 1. The van der Waals surface area contributed by atoms with Crippen molar-refractivity contribution in [2.75, 3.05) is 13.1 Å². The minimum atomic E-state index is -0.117. The Hall–Kier alpha value is -4.45. The van der Waals surface area contributed by atoms with E-state index < -0.39 is 0 Å². The van der Waals surface area contributed by atoms with Crippen LogP contribution in [-0.4, -0.2) is 72.3 Å². The zero-order valence-electron chi connectivity index (χ0n) is 27.8. The second-order valence-electron chi connectivity index (χ2n) is 12.9. The Morgan fingerprint density at radius 2 is 1.32 bits per heavy atom. The number of fused-ring (bicyclic) bond motifs is 3. The van der Waals surface area contributed by atoms with E-state index >= 15 is 0 Å². The number of aromatic nitrogens is 1. The fourth-order valence-electron chi connectivity index (χ4n) is 6.46. The molecule has 2 fully saturated rings. The van der Waals surface area contributed by atoms with Crippen molar-refractivity contribution in [2.45, 2.75) is 75.3 Å². The summed E-state index contributed by atoms with van der Waals surface area (Å²) in [6.07, 6.45) is 8.06. The molecule has 2 unspecified atom stereocenters. The number of pyridine rings is 1. The van der Waals surface area contributed by atoms with E-state index in [9.17, 15) is 24.3 Å². The molecule has 10 nitrogen and oxygen atoms in total. The number of hydrogen-bond donors (Lipinski definition) is 4. The monoisotopic (exact) mass is 743 g/mol. The van der Waals surface area contributed by atoms with E-state index in [4.69, 9.17) is 10.2 Å². The Labute approximate surface area is 299 Å². The Morgan fingerprint density at radius 3 is 2.02 bits per heavy atom. The summed E-state index contributed by atoms with van der Waals surface area (Å²) in [4.78, 5) is 50.6. The van der Waals surface area contributed by atoms with Gasteiger partial charge in [0.15, 0.2) is 11.6 Å². The number of aromatic hydroxyl groups is 3. The van der Waals surface area contributed by atoms with Gasteiger partial charge in [-0.1, -0.05) is 34.1 Å². The first-order valence-corrected chi connectivity index (χ1v) is 17.8. The predicted molar refractivity (Wildman–Crippen MR) is 193 cm³/mol. The van der Waals surface area contributed by atoms with Crippen LogP contribution >= 0.6 is 15.9 Å². The molecule has 0 saturated heterocycles. The van der Waals surface area contributed by atoms with Crippen LogP contribution in [0.3, 0.4) is 0 Å². The van der Waals surface area contributed by atoms with Gasteiger partial charge in [0.05, 0.1) is 23.7 Å². The third-order valence-corrected chi connectivity index (χ3v) is 10.2. The molecule has 0 radical (unpaired) electrons. The third kappa shape index (κ3) is 10.3. The SMILES string of the molecule is O=C1CCC(Br)C(=O)C1.O=C1CCC(N2CCc3ccc(O)cc3C2)C(=O)C1.Oc1ccc2c(c1)CNCC2.Oc1ccc2ccncc2c1. The van der Waals surface area contributed by atoms with Gasteiger partial charge in [-0.05, 0) is 102 Å². The number of phenols is 3. The van der Waals surface area contributed by atoms with Crippen molar-refractivity contribution in [3.63, 3.8) is 0 Å². The van der Waals surface area contributed by atoms with Gasteiger partial charge in [0.25, 0.3) is 0 Å². The van der Waals surface area contributed by atoms with Crippen molar-refractivity contribution in [3.05, 3.63) is 95.3 Å². The Morgan fingerprint density at radius 1 is 0.680 bits per heavy atom. The van der Waals surface area contributed by atoms with E-state index in [-0.39, 0.29) is 58.3 Å². The van der Waals surface area contributed by atoms with E-state index in [2.05, 4.69) is 31.1 Å². The van der Waals surface area contributed by atoms with Gasteiger partial charge >= 0.3 is 0 Å². The number of Topliss-reactive ketones (excluding diaryl/α,β-unsaturated/α-hetero) is 4. The maximum atomic E-state index is 12.0. The van der Waals surface area contributed by atoms with Gasteiger partial charge in [0.2, 0.25) is 0 Å². The molecule has 4 aliphatic rings. The number of nitrogens with zero attached hydrogens (tertiary/aromatic N) is 2. The highest BCUT2D eigenvalue weighted by Gasteiger charge is 2.33. The van der Waals surface area contributed by atoms with Crippen LogP contribution in [0.5, 0.6) is 17.2 Å². The molecule has 4 N–H and O–H groups in total. The molecule has 2 aliphatic carbocycles. The van der Waals surface area contributed by atoms with Gasteiger partial charge < -0.3 is 20.6 Å². The molecule has 11 heteroatoms. The lowest BCUT2D eigenvalue weighted by atomic mass is 9.89. The van der Waals surface area contributed by atoms with Gasteiger partial charge in [0.1, 0.15) is 28.8 Å². The lowest BCUT2D eigenvalue weighted by Gasteiger charge is -2.36. The highest BCUT2D eigenvalue weighted by Crippen LogP contribution is 2.27. The van der Waals surface area contributed by atoms with Gasteiger partial charge in [-0.15, -0.1) is 0 Å². The lowest BCUT2D eigenvalue weighted by Crippen LogP contribution is -2.46. The first kappa shape index (κ1) is 36.8. The molecule has 50 heavy (non-hydrogen) atoms. The molecule has 0 amide bonds. The van der Waals surface area contributed by atoms with Crippen LogP contribution in [-0.2, 0) is 45.1 Å². The molecule has 0 spiro atoms. The first-order valence-electron chi connectivity index (χ1n) is 16.9. The molecule has 3 aromatic carbocycles. The summed E-state index contributed by atoms with van der Waals surface area (Å²) in [5.41, 5.74) is 4.93. The number of carbonyl (C=O) groups excluding carboxylic acids is 4. The van der Waals surface area contributed by atoms with E-state index in [1.807, 2.05) is 30.3 Å². The second-order valence-corrected chi connectivity index (χ2v) is 14.0. The van der Waals surface area contributed by atoms with Crippen molar-refractivity contribution in [3.8, 4) is 17.2 Å². The van der Waals surface area contributed by atoms with Crippen LogP contribution in [0.2, 0.25) is 0 Å². The van der Waals surface area contributed by atoms with Crippen LogP contribution in [0.4, 0.5) is 0 Å². The maximum Gasteiger partial charge on any atom is 0.157 e. The maximum absolute atomic E-state index is 12.0. The van der Waals surface area contributed by atoms with Gasteiger partial charge in [-0.25, -0.2) is 0 Å². The number of rotatable bonds is 1. The van der Waals surface area contributed by atoms with E-state index in [0.717, 1.165) is 48.8 Å². The minimum Gasteiger partial charge on any atom is -0.508 e. The quantitative estimate of drug-likeness (QED) is 0.145. The molecule has 262 valence electrons. The molecule has 2 saturated carbocycles. The van der Waals surface area contributed by atoms with Crippen LogP contribution in [0.25, 0.3) is 10.8 Å². The average Bonchev–Trinajstić information content (AvgIpc) is 3.10. The van der Waals surface area contributed by atoms with Gasteiger partial charge in [-0.2, -0.15) is 0 Å². The molecule has 4 aromatic rings. The fraction of sp³-hybridized carbons (Fsp3) is 0.359. The molecule has 1 aromatic heterocycles. The normalized spacial score (nSPS) is 20.2. The molecule has 3 heterocycles. The predicted octanol–water partition coefficient (Wildman–Crippen LogP) is 5.49. The summed E-state index contributed by atoms with van der Waals surface area (Å²) in [5.74, 6) is 1.15. The zero-order chi connectivity index (χ0) is 35.6. The number of ketones is 4. The van der Waals surface area contributed by atoms with Crippen molar-refractivity contribution in [1.82, 2.24) is 15.2 Å². The summed E-state index contributed by atoms with van der Waals surface area (Å²) in [6.45, 7) is 3.48. The van der Waals surface area contributed by atoms with Crippen LogP contribution < -0.4 is 5.32 Å². The number of phenolic OH excluding ortho intramolecular Hbond substituents is 3. The Kier molecular flexibility index (Phi) is 12.9. The van der Waals surface area contributed by atoms with Gasteiger partial charge in [-0.3, -0.25) is 29.1 Å². The summed E-state index contributed by atoms with van der Waals surface area (Å²) in [7, 11) is 0. The van der Waals surface area contributed by atoms with Crippen molar-refractivity contribution < 1.29 is 34.5 Å². The molecular formula is C39H42BrN3O7. The summed E-state index contributed by atoms with van der Waals surface area (Å²) < 4.78 is 0. The smallest absolute Gasteiger partial charge is 0.157 e. The van der Waals surface area contributed by atoms with Crippen molar-refractivity contribution >= 4 is 49.8 Å². The number of hydrogen-bond acceptors (Lipinski definition) is 10. The summed E-state index contributed by atoms with van der Waals surface area (Å²) >= 11 is 3.18.